The highest BCUT2D eigenvalue weighted by molar-refractivity contribution is 5.76. The summed E-state index contributed by atoms with van der Waals surface area (Å²) < 4.78 is 17.9. The Labute approximate surface area is 88.2 Å². The first-order valence-corrected chi connectivity index (χ1v) is 4.67. The van der Waals surface area contributed by atoms with E-state index in [9.17, 15) is 9.18 Å². The zero-order valence-electron chi connectivity index (χ0n) is 8.79. The van der Waals surface area contributed by atoms with E-state index < -0.39 is 6.04 Å². The highest BCUT2D eigenvalue weighted by Crippen LogP contribution is 2.09. The van der Waals surface area contributed by atoms with Crippen molar-refractivity contribution in [2.75, 3.05) is 14.2 Å². The number of benzene rings is 1. The first kappa shape index (κ1) is 11.7. The van der Waals surface area contributed by atoms with Crippen LogP contribution >= 0.6 is 0 Å². The second-order valence-electron chi connectivity index (χ2n) is 3.16. The Bertz CT molecular complexity index is 341. The Balaban J connectivity index is 2.75. The van der Waals surface area contributed by atoms with Crippen molar-refractivity contribution >= 4 is 5.97 Å². The van der Waals surface area contributed by atoms with E-state index in [1.54, 1.807) is 25.2 Å². The molecule has 0 fully saturated rings. The van der Waals surface area contributed by atoms with Crippen LogP contribution in [0.1, 0.15) is 5.56 Å². The van der Waals surface area contributed by atoms with E-state index in [4.69, 9.17) is 0 Å². The lowest BCUT2D eigenvalue weighted by Gasteiger charge is -2.13. The lowest BCUT2D eigenvalue weighted by Crippen LogP contribution is -2.37. The van der Waals surface area contributed by atoms with Crippen LogP contribution < -0.4 is 5.32 Å². The summed E-state index contributed by atoms with van der Waals surface area (Å²) in [4.78, 5) is 11.3. The molecule has 0 aliphatic carbocycles. The molecule has 0 radical (unpaired) electrons. The number of carbonyl (C=O) groups is 1. The molecule has 15 heavy (non-hydrogen) atoms. The molecule has 0 aromatic heterocycles. The molecule has 4 heteroatoms. The molecule has 3 nitrogen and oxygen atoms in total. The van der Waals surface area contributed by atoms with Gasteiger partial charge < -0.3 is 10.1 Å². The number of esters is 1. The Hall–Kier alpha value is -1.42. The monoisotopic (exact) mass is 211 g/mol. The summed E-state index contributed by atoms with van der Waals surface area (Å²) in [6.07, 6.45) is 0.288. The molecule has 0 aliphatic rings. The van der Waals surface area contributed by atoms with Crippen LogP contribution in [0.5, 0.6) is 0 Å². The highest BCUT2D eigenvalue weighted by atomic mass is 19.1. The Morgan fingerprint density at radius 2 is 2.20 bits per heavy atom. The van der Waals surface area contributed by atoms with Gasteiger partial charge in [-0.05, 0) is 18.7 Å². The standard InChI is InChI=1S/C11H14FNO2/c1-13-10(11(14)15-2)7-8-5-3-4-6-9(8)12/h3-6,10,13H,7H2,1-2H3. The van der Waals surface area contributed by atoms with Crippen molar-refractivity contribution in [2.24, 2.45) is 0 Å². The third kappa shape index (κ3) is 3.02. The van der Waals surface area contributed by atoms with Gasteiger partial charge in [0.1, 0.15) is 11.9 Å². The molecule has 0 spiro atoms. The number of hydrogen-bond acceptors (Lipinski definition) is 3. The van der Waals surface area contributed by atoms with Crippen LogP contribution in [0.15, 0.2) is 24.3 Å². The minimum absolute atomic E-state index is 0.288. The first-order valence-electron chi connectivity index (χ1n) is 4.67. The molecule has 1 rings (SSSR count). The molecular weight excluding hydrogens is 197 g/mol. The van der Waals surface area contributed by atoms with Gasteiger partial charge in [-0.1, -0.05) is 18.2 Å². The second-order valence-corrected chi connectivity index (χ2v) is 3.16. The largest absolute Gasteiger partial charge is 0.468 e. The van der Waals surface area contributed by atoms with Gasteiger partial charge in [0.15, 0.2) is 0 Å². The van der Waals surface area contributed by atoms with Crippen molar-refractivity contribution in [3.05, 3.63) is 35.6 Å². The topological polar surface area (TPSA) is 38.3 Å². The highest BCUT2D eigenvalue weighted by Gasteiger charge is 2.18. The van der Waals surface area contributed by atoms with Crippen molar-refractivity contribution < 1.29 is 13.9 Å². The van der Waals surface area contributed by atoms with E-state index in [0.29, 0.717) is 5.56 Å². The minimum atomic E-state index is -0.508. The summed E-state index contributed by atoms with van der Waals surface area (Å²) >= 11 is 0. The number of methoxy groups -OCH3 is 1. The molecule has 1 aromatic rings. The van der Waals surface area contributed by atoms with Gasteiger partial charge in [0.2, 0.25) is 0 Å². The SMILES string of the molecule is CNC(Cc1ccccc1F)C(=O)OC. The average Bonchev–Trinajstić information content (AvgIpc) is 2.27. The van der Waals surface area contributed by atoms with Crippen molar-refractivity contribution in [2.45, 2.75) is 12.5 Å². The molecule has 0 bridgehead atoms. The quantitative estimate of drug-likeness (QED) is 0.759. The fourth-order valence-corrected chi connectivity index (χ4v) is 1.33. The van der Waals surface area contributed by atoms with Crippen LogP contribution in [-0.4, -0.2) is 26.2 Å². The number of halogens is 1. The van der Waals surface area contributed by atoms with Crippen LogP contribution in [0.2, 0.25) is 0 Å². The zero-order valence-corrected chi connectivity index (χ0v) is 8.79. The maximum atomic E-state index is 13.3. The fourth-order valence-electron chi connectivity index (χ4n) is 1.33. The lowest BCUT2D eigenvalue weighted by molar-refractivity contribution is -0.142. The molecule has 1 aromatic carbocycles. The van der Waals surface area contributed by atoms with E-state index in [1.165, 1.54) is 13.2 Å². The van der Waals surface area contributed by atoms with Gasteiger partial charge in [0.05, 0.1) is 7.11 Å². The molecule has 0 aliphatic heterocycles. The summed E-state index contributed by atoms with van der Waals surface area (Å²) in [6, 6.07) is 5.88. The van der Waals surface area contributed by atoms with Crippen LogP contribution in [0.4, 0.5) is 4.39 Å². The van der Waals surface area contributed by atoms with E-state index in [-0.39, 0.29) is 18.2 Å². The minimum Gasteiger partial charge on any atom is -0.468 e. The molecule has 1 unspecified atom stereocenters. The number of ether oxygens (including phenoxy) is 1. The zero-order chi connectivity index (χ0) is 11.3. The molecule has 1 N–H and O–H groups in total. The summed E-state index contributed by atoms with van der Waals surface area (Å²) in [6.45, 7) is 0. The number of hydrogen-bond donors (Lipinski definition) is 1. The second kappa shape index (κ2) is 5.46. The van der Waals surface area contributed by atoms with Crippen LogP contribution in [0.25, 0.3) is 0 Å². The predicted octanol–water partition coefficient (Wildman–Crippen LogP) is 1.13. The van der Waals surface area contributed by atoms with Crippen molar-refractivity contribution in [3.8, 4) is 0 Å². The summed E-state index contributed by atoms with van der Waals surface area (Å²) in [7, 11) is 2.95. The van der Waals surface area contributed by atoms with Gasteiger partial charge in [-0.2, -0.15) is 0 Å². The van der Waals surface area contributed by atoms with Gasteiger partial charge in [-0.25, -0.2) is 4.39 Å². The Kier molecular flexibility index (Phi) is 4.24. The lowest BCUT2D eigenvalue weighted by atomic mass is 10.1. The first-order chi connectivity index (χ1) is 7.19. The molecule has 82 valence electrons. The smallest absolute Gasteiger partial charge is 0.323 e. The normalized spacial score (nSPS) is 12.2. The molecule has 0 heterocycles. The Morgan fingerprint density at radius 1 is 1.53 bits per heavy atom. The summed E-state index contributed by atoms with van der Waals surface area (Å²) in [5.41, 5.74) is 0.502. The van der Waals surface area contributed by atoms with Gasteiger partial charge in [0.25, 0.3) is 0 Å². The van der Waals surface area contributed by atoms with Crippen LogP contribution in [0, 0.1) is 5.82 Å². The average molecular weight is 211 g/mol. The number of nitrogens with one attached hydrogen (secondary N) is 1. The van der Waals surface area contributed by atoms with Crippen molar-refractivity contribution in [3.63, 3.8) is 0 Å². The number of rotatable bonds is 4. The Morgan fingerprint density at radius 3 is 2.73 bits per heavy atom. The van der Waals surface area contributed by atoms with Crippen molar-refractivity contribution in [1.82, 2.24) is 5.32 Å². The van der Waals surface area contributed by atoms with E-state index >= 15 is 0 Å². The van der Waals surface area contributed by atoms with Gasteiger partial charge in [-0.15, -0.1) is 0 Å². The van der Waals surface area contributed by atoms with E-state index in [2.05, 4.69) is 10.1 Å². The molecule has 0 saturated carbocycles. The molecular formula is C11H14FNO2. The fraction of sp³-hybridized carbons (Fsp3) is 0.364. The van der Waals surface area contributed by atoms with E-state index in [1.807, 2.05) is 0 Å². The van der Waals surface area contributed by atoms with Gasteiger partial charge in [-0.3, -0.25) is 4.79 Å². The number of likely N-dealkylation sites (N-methyl/N-ethyl adjacent to an activating group) is 1. The molecule has 0 amide bonds. The molecule has 1 atom stereocenters. The predicted molar refractivity (Wildman–Crippen MR) is 55.0 cm³/mol. The maximum absolute atomic E-state index is 13.3. The van der Waals surface area contributed by atoms with E-state index in [0.717, 1.165) is 0 Å². The third-order valence-electron chi connectivity index (χ3n) is 2.22. The van der Waals surface area contributed by atoms with Gasteiger partial charge >= 0.3 is 5.97 Å². The molecule has 0 saturated heterocycles. The van der Waals surface area contributed by atoms with Gasteiger partial charge in [0, 0.05) is 6.42 Å². The van der Waals surface area contributed by atoms with Crippen molar-refractivity contribution in [1.29, 1.82) is 0 Å². The maximum Gasteiger partial charge on any atom is 0.323 e. The third-order valence-corrected chi connectivity index (χ3v) is 2.22. The summed E-state index contributed by atoms with van der Waals surface area (Å²) in [5.74, 6) is -0.692. The van der Waals surface area contributed by atoms with Crippen LogP contribution in [0.3, 0.4) is 0 Å². The summed E-state index contributed by atoms with van der Waals surface area (Å²) in [5, 5.41) is 2.79. The number of carbonyl (C=O) groups excluding carboxylic acids is 1. The van der Waals surface area contributed by atoms with Crippen LogP contribution in [-0.2, 0) is 16.0 Å².